The lowest BCUT2D eigenvalue weighted by atomic mass is 10.4. The predicted octanol–water partition coefficient (Wildman–Crippen LogP) is 1.29. The van der Waals surface area contributed by atoms with Crippen LogP contribution in [0.15, 0.2) is 12.3 Å². The van der Waals surface area contributed by atoms with Gasteiger partial charge in [0.25, 0.3) is 6.43 Å². The minimum Gasteiger partial charge on any atom is -0.475 e. The van der Waals surface area contributed by atoms with Crippen LogP contribution in [0.2, 0.25) is 0 Å². The number of anilines is 1. The smallest absolute Gasteiger partial charge is 0.255 e. The molecule has 1 aromatic heterocycles. The Hall–Kier alpha value is -1.50. The van der Waals surface area contributed by atoms with Crippen LogP contribution in [0.25, 0.3) is 0 Å². The summed E-state index contributed by atoms with van der Waals surface area (Å²) in [6, 6.07) is 1.59. The molecule has 0 saturated carbocycles. The van der Waals surface area contributed by atoms with Crippen LogP contribution in [0, 0.1) is 0 Å². The molecule has 102 valence electrons. The summed E-state index contributed by atoms with van der Waals surface area (Å²) in [6.07, 6.45) is -1.02. The number of nitrogens with zero attached hydrogens (tertiary/aromatic N) is 3. The van der Waals surface area contributed by atoms with E-state index >= 15 is 0 Å². The second-order valence-electron chi connectivity index (χ2n) is 3.99. The van der Waals surface area contributed by atoms with Crippen molar-refractivity contribution < 1.29 is 13.5 Å². The van der Waals surface area contributed by atoms with Crippen LogP contribution >= 0.6 is 0 Å². The van der Waals surface area contributed by atoms with Gasteiger partial charge >= 0.3 is 0 Å². The fourth-order valence-corrected chi connectivity index (χ4v) is 1.39. The van der Waals surface area contributed by atoms with Gasteiger partial charge in [0.1, 0.15) is 0 Å². The maximum absolute atomic E-state index is 12.4. The number of rotatable bonds is 7. The van der Waals surface area contributed by atoms with Crippen LogP contribution < -0.4 is 15.4 Å². The van der Waals surface area contributed by atoms with E-state index in [9.17, 15) is 8.78 Å². The summed E-state index contributed by atoms with van der Waals surface area (Å²) >= 11 is 0. The normalized spacial score (nSPS) is 11.1. The van der Waals surface area contributed by atoms with Crippen LogP contribution in [0.1, 0.15) is 13.8 Å². The molecule has 0 unspecified atom stereocenters. The summed E-state index contributed by atoms with van der Waals surface area (Å²) in [7, 11) is 0. The van der Waals surface area contributed by atoms with E-state index in [1.54, 1.807) is 6.07 Å². The van der Waals surface area contributed by atoms with E-state index in [2.05, 4.69) is 9.97 Å². The summed E-state index contributed by atoms with van der Waals surface area (Å²) in [5.74, 6) is 0.574. The Balaban J connectivity index is 2.83. The number of ether oxygens (including phenoxy) is 1. The molecule has 0 spiro atoms. The first-order valence-electron chi connectivity index (χ1n) is 5.75. The van der Waals surface area contributed by atoms with Gasteiger partial charge in [0.2, 0.25) is 11.8 Å². The largest absolute Gasteiger partial charge is 0.475 e. The third kappa shape index (κ3) is 4.79. The zero-order chi connectivity index (χ0) is 13.5. The molecular formula is C11H18F2N4O. The average molecular weight is 260 g/mol. The van der Waals surface area contributed by atoms with Gasteiger partial charge in [0.15, 0.2) is 0 Å². The molecule has 1 heterocycles. The van der Waals surface area contributed by atoms with Gasteiger partial charge in [-0.05, 0) is 13.8 Å². The maximum atomic E-state index is 12.4. The van der Waals surface area contributed by atoms with Gasteiger partial charge in [-0.15, -0.1) is 0 Å². The first kappa shape index (κ1) is 14.6. The summed E-state index contributed by atoms with van der Waals surface area (Å²) in [6.45, 7) is 3.81. The van der Waals surface area contributed by atoms with E-state index in [0.29, 0.717) is 5.88 Å². The van der Waals surface area contributed by atoms with Gasteiger partial charge in [0, 0.05) is 25.4 Å². The number of hydrogen-bond donors (Lipinski definition) is 1. The molecule has 7 heteroatoms. The highest BCUT2D eigenvalue weighted by Gasteiger charge is 2.15. The third-order valence-corrected chi connectivity index (χ3v) is 2.01. The van der Waals surface area contributed by atoms with Crippen molar-refractivity contribution in [2.75, 3.05) is 24.5 Å². The van der Waals surface area contributed by atoms with Crippen molar-refractivity contribution in [2.45, 2.75) is 26.4 Å². The van der Waals surface area contributed by atoms with Crippen molar-refractivity contribution in [3.05, 3.63) is 12.3 Å². The van der Waals surface area contributed by atoms with E-state index in [1.165, 1.54) is 11.1 Å². The van der Waals surface area contributed by atoms with Crippen molar-refractivity contribution in [2.24, 2.45) is 5.73 Å². The number of alkyl halides is 2. The number of aromatic nitrogens is 2. The lowest BCUT2D eigenvalue weighted by Crippen LogP contribution is -2.35. The highest BCUT2D eigenvalue weighted by molar-refractivity contribution is 5.32. The lowest BCUT2D eigenvalue weighted by molar-refractivity contribution is 0.154. The van der Waals surface area contributed by atoms with Gasteiger partial charge in [-0.2, -0.15) is 4.98 Å². The minimum atomic E-state index is -2.46. The van der Waals surface area contributed by atoms with Crippen LogP contribution in [-0.4, -0.2) is 42.1 Å². The first-order chi connectivity index (χ1) is 8.52. The third-order valence-electron chi connectivity index (χ3n) is 2.01. The summed E-state index contributed by atoms with van der Waals surface area (Å²) < 4.78 is 30.3. The van der Waals surface area contributed by atoms with E-state index < -0.39 is 13.0 Å². The van der Waals surface area contributed by atoms with Crippen LogP contribution in [0.3, 0.4) is 0 Å². The van der Waals surface area contributed by atoms with E-state index in [1.807, 2.05) is 13.8 Å². The number of nitrogens with two attached hydrogens (primary N) is 1. The van der Waals surface area contributed by atoms with Gasteiger partial charge < -0.3 is 15.4 Å². The molecule has 0 atom stereocenters. The zero-order valence-electron chi connectivity index (χ0n) is 10.5. The Morgan fingerprint density at radius 1 is 1.44 bits per heavy atom. The van der Waals surface area contributed by atoms with Crippen molar-refractivity contribution in [3.63, 3.8) is 0 Å². The fourth-order valence-electron chi connectivity index (χ4n) is 1.39. The molecule has 0 aliphatic rings. The van der Waals surface area contributed by atoms with Crippen molar-refractivity contribution in [3.8, 4) is 5.88 Å². The van der Waals surface area contributed by atoms with E-state index in [0.717, 1.165) is 0 Å². The molecule has 1 rings (SSSR count). The fraction of sp³-hybridized carbons (Fsp3) is 0.636. The van der Waals surface area contributed by atoms with Gasteiger partial charge in [-0.25, -0.2) is 13.8 Å². The minimum absolute atomic E-state index is 0.0363. The van der Waals surface area contributed by atoms with E-state index in [-0.39, 0.29) is 25.1 Å². The highest BCUT2D eigenvalue weighted by Crippen LogP contribution is 2.14. The van der Waals surface area contributed by atoms with Crippen LogP contribution in [0.4, 0.5) is 14.7 Å². The SMILES string of the molecule is CC(C)Oc1ccnc(N(CCN)CC(F)F)n1. The molecule has 2 N–H and O–H groups in total. The first-order valence-corrected chi connectivity index (χ1v) is 5.75. The zero-order valence-corrected chi connectivity index (χ0v) is 10.5. The van der Waals surface area contributed by atoms with Crippen LogP contribution in [-0.2, 0) is 0 Å². The summed E-state index contributed by atoms with van der Waals surface area (Å²) in [4.78, 5) is 9.40. The summed E-state index contributed by atoms with van der Waals surface area (Å²) in [5.41, 5.74) is 5.39. The molecule has 0 radical (unpaired) electrons. The Kier molecular flexibility index (Phi) is 5.70. The van der Waals surface area contributed by atoms with Crippen LogP contribution in [0.5, 0.6) is 5.88 Å². The molecule has 0 fully saturated rings. The van der Waals surface area contributed by atoms with Crippen molar-refractivity contribution in [1.82, 2.24) is 9.97 Å². The second kappa shape index (κ2) is 7.05. The predicted molar refractivity (Wildman–Crippen MR) is 65.1 cm³/mol. The lowest BCUT2D eigenvalue weighted by Gasteiger charge is -2.21. The molecule has 0 amide bonds. The Labute approximate surface area is 105 Å². The average Bonchev–Trinajstić information content (AvgIpc) is 2.27. The van der Waals surface area contributed by atoms with Gasteiger partial charge in [-0.3, -0.25) is 0 Å². The number of hydrogen-bond acceptors (Lipinski definition) is 5. The standard InChI is InChI=1S/C11H18F2N4O/c1-8(2)18-10-3-5-15-11(16-10)17(6-4-14)7-9(12)13/h3,5,8-9H,4,6-7,14H2,1-2H3. The Morgan fingerprint density at radius 2 is 2.17 bits per heavy atom. The van der Waals surface area contributed by atoms with Crippen molar-refractivity contribution >= 4 is 5.95 Å². The molecule has 5 nitrogen and oxygen atoms in total. The summed E-state index contributed by atoms with van der Waals surface area (Å²) in [5, 5.41) is 0. The van der Waals surface area contributed by atoms with Crippen molar-refractivity contribution in [1.29, 1.82) is 0 Å². The molecule has 0 aliphatic carbocycles. The molecule has 0 aliphatic heterocycles. The monoisotopic (exact) mass is 260 g/mol. The molecule has 1 aromatic rings. The molecule has 0 bridgehead atoms. The highest BCUT2D eigenvalue weighted by atomic mass is 19.3. The van der Waals surface area contributed by atoms with E-state index in [4.69, 9.17) is 10.5 Å². The van der Waals surface area contributed by atoms with Gasteiger partial charge in [0.05, 0.1) is 12.6 Å². The van der Waals surface area contributed by atoms with Gasteiger partial charge in [-0.1, -0.05) is 0 Å². The maximum Gasteiger partial charge on any atom is 0.255 e. The molecule has 18 heavy (non-hydrogen) atoms. The topological polar surface area (TPSA) is 64.3 Å². The second-order valence-corrected chi connectivity index (χ2v) is 3.99. The number of halogens is 2. The Bertz CT molecular complexity index is 363. The molecule has 0 saturated heterocycles. The quantitative estimate of drug-likeness (QED) is 0.800. The molecule has 0 aromatic carbocycles. The Morgan fingerprint density at radius 3 is 2.72 bits per heavy atom. The molecular weight excluding hydrogens is 242 g/mol.